The molecule has 1 unspecified atom stereocenters. The third-order valence-corrected chi connectivity index (χ3v) is 6.23. The third kappa shape index (κ3) is 5.48. The van der Waals surface area contributed by atoms with E-state index in [4.69, 9.17) is 9.15 Å². The average molecular weight is 468 g/mol. The summed E-state index contributed by atoms with van der Waals surface area (Å²) in [5.74, 6) is 0.396. The van der Waals surface area contributed by atoms with Crippen LogP contribution in [-0.4, -0.2) is 26.3 Å². The zero-order chi connectivity index (χ0) is 23.4. The second-order valence-electron chi connectivity index (χ2n) is 7.26. The minimum absolute atomic E-state index is 0.0503. The predicted molar refractivity (Wildman–Crippen MR) is 122 cm³/mol. The van der Waals surface area contributed by atoms with Crippen LogP contribution in [0.1, 0.15) is 18.2 Å². The molecule has 0 spiro atoms. The zero-order valence-corrected chi connectivity index (χ0v) is 18.4. The van der Waals surface area contributed by atoms with E-state index in [2.05, 4.69) is 15.4 Å². The number of sulfonamides is 1. The lowest BCUT2D eigenvalue weighted by atomic mass is 10.2. The number of fused-ring (bicyclic) bond motifs is 1. The van der Waals surface area contributed by atoms with Gasteiger partial charge >= 0.3 is 0 Å². The van der Waals surface area contributed by atoms with Gasteiger partial charge in [-0.1, -0.05) is 12.1 Å². The molecule has 1 aromatic heterocycles. The van der Waals surface area contributed by atoms with Crippen LogP contribution < -0.4 is 20.1 Å². The minimum Gasteiger partial charge on any atom is -0.479 e. The fraction of sp³-hybridized carbons (Fsp3) is 0.130. The second kappa shape index (κ2) is 9.31. The number of benzene rings is 2. The van der Waals surface area contributed by atoms with E-state index in [-0.39, 0.29) is 23.3 Å². The normalized spacial score (nSPS) is 15.5. The van der Waals surface area contributed by atoms with Crippen LogP contribution in [-0.2, 0) is 26.2 Å². The molecule has 0 saturated carbocycles. The highest BCUT2D eigenvalue weighted by molar-refractivity contribution is 7.89. The first-order valence-electron chi connectivity index (χ1n) is 10.0. The Balaban J connectivity index is 1.35. The Morgan fingerprint density at radius 3 is 2.67 bits per heavy atom. The molecule has 0 aliphatic carbocycles. The van der Waals surface area contributed by atoms with E-state index in [0.717, 1.165) is 0 Å². The molecule has 0 bridgehead atoms. The van der Waals surface area contributed by atoms with Crippen molar-refractivity contribution >= 4 is 39.3 Å². The molecule has 0 saturated heterocycles. The largest absolute Gasteiger partial charge is 0.479 e. The van der Waals surface area contributed by atoms with Crippen molar-refractivity contribution in [3.05, 3.63) is 78.3 Å². The highest BCUT2D eigenvalue weighted by Gasteiger charge is 2.23. The summed E-state index contributed by atoms with van der Waals surface area (Å²) in [6.07, 6.45) is 3.79. The molecule has 1 aliphatic heterocycles. The second-order valence-corrected chi connectivity index (χ2v) is 9.02. The minimum atomic E-state index is -3.69. The topological polar surface area (TPSA) is 127 Å². The summed E-state index contributed by atoms with van der Waals surface area (Å²) in [5, 5.41) is 5.43. The van der Waals surface area contributed by atoms with Gasteiger partial charge in [-0.25, -0.2) is 13.1 Å². The Hall–Kier alpha value is -3.89. The van der Waals surface area contributed by atoms with E-state index < -0.39 is 16.1 Å². The molecular formula is C23H21N3O6S. The van der Waals surface area contributed by atoms with Crippen LogP contribution in [0.4, 0.5) is 11.4 Å². The van der Waals surface area contributed by atoms with Crippen molar-refractivity contribution in [1.82, 2.24) is 4.72 Å². The van der Waals surface area contributed by atoms with Crippen LogP contribution in [0.5, 0.6) is 5.75 Å². The van der Waals surface area contributed by atoms with Crippen LogP contribution in [0.3, 0.4) is 0 Å². The van der Waals surface area contributed by atoms with Crippen molar-refractivity contribution in [3.8, 4) is 5.75 Å². The van der Waals surface area contributed by atoms with Gasteiger partial charge in [-0.15, -0.1) is 0 Å². The van der Waals surface area contributed by atoms with Crippen LogP contribution >= 0.6 is 0 Å². The number of carbonyl (C=O) groups is 2. The van der Waals surface area contributed by atoms with Crippen molar-refractivity contribution in [2.24, 2.45) is 0 Å². The van der Waals surface area contributed by atoms with E-state index in [1.807, 2.05) is 0 Å². The van der Waals surface area contributed by atoms with E-state index in [1.54, 1.807) is 55.5 Å². The van der Waals surface area contributed by atoms with Crippen LogP contribution in [0.2, 0.25) is 0 Å². The van der Waals surface area contributed by atoms with Gasteiger partial charge in [0.25, 0.3) is 5.91 Å². The van der Waals surface area contributed by atoms with Gasteiger partial charge in [-0.3, -0.25) is 9.59 Å². The monoisotopic (exact) mass is 467 g/mol. The van der Waals surface area contributed by atoms with E-state index >= 15 is 0 Å². The van der Waals surface area contributed by atoms with Gasteiger partial charge in [0.2, 0.25) is 15.9 Å². The number of anilines is 2. The first kappa shape index (κ1) is 22.3. The van der Waals surface area contributed by atoms with Gasteiger partial charge in [-0.05, 0) is 61.0 Å². The van der Waals surface area contributed by atoms with Gasteiger partial charge in [0.1, 0.15) is 11.5 Å². The number of carbonyl (C=O) groups excluding carboxylic acids is 2. The first-order valence-corrected chi connectivity index (χ1v) is 11.5. The fourth-order valence-corrected chi connectivity index (χ4v) is 4.06. The molecule has 170 valence electrons. The Kier molecular flexibility index (Phi) is 6.29. The molecule has 0 fully saturated rings. The molecule has 2 heterocycles. The maximum atomic E-state index is 12.4. The maximum Gasteiger partial charge on any atom is 0.265 e. The number of furan rings is 1. The zero-order valence-electron chi connectivity index (χ0n) is 17.6. The van der Waals surface area contributed by atoms with E-state index in [0.29, 0.717) is 28.4 Å². The standard InChI is InChI=1S/C23H21N3O6S/c1-15-23(28)26-20-13-17(7-10-21(20)32-15)25-22(27)11-6-16-4-8-19(9-5-16)33(29,30)24-14-18-3-2-12-31-18/h2-13,15,24H,14H2,1H3,(H,25,27)(H,26,28)/b11-6+. The molecule has 0 radical (unpaired) electrons. The maximum absolute atomic E-state index is 12.4. The van der Waals surface area contributed by atoms with Gasteiger partial charge in [-0.2, -0.15) is 0 Å². The molecule has 3 aromatic rings. The third-order valence-electron chi connectivity index (χ3n) is 4.81. The number of amides is 2. The van der Waals surface area contributed by atoms with Crippen molar-refractivity contribution in [3.63, 3.8) is 0 Å². The van der Waals surface area contributed by atoms with Crippen LogP contribution in [0, 0.1) is 0 Å². The van der Waals surface area contributed by atoms with Gasteiger partial charge < -0.3 is 19.8 Å². The summed E-state index contributed by atoms with van der Waals surface area (Å²) in [5.41, 5.74) is 1.62. The van der Waals surface area contributed by atoms with E-state index in [9.17, 15) is 18.0 Å². The lowest BCUT2D eigenvalue weighted by Gasteiger charge is -2.23. The smallest absolute Gasteiger partial charge is 0.265 e. The van der Waals surface area contributed by atoms with Crippen LogP contribution in [0.25, 0.3) is 6.08 Å². The molecule has 2 aromatic carbocycles. The lowest BCUT2D eigenvalue weighted by Crippen LogP contribution is -2.34. The summed E-state index contributed by atoms with van der Waals surface area (Å²) < 4.78 is 37.8. The van der Waals surface area contributed by atoms with E-state index in [1.165, 1.54) is 24.5 Å². The van der Waals surface area contributed by atoms with Crippen molar-refractivity contribution in [2.45, 2.75) is 24.5 Å². The van der Waals surface area contributed by atoms with Crippen LogP contribution in [0.15, 0.2) is 76.2 Å². The van der Waals surface area contributed by atoms with Crippen molar-refractivity contribution < 1.29 is 27.2 Å². The summed E-state index contributed by atoms with van der Waals surface area (Å²) in [6.45, 7) is 1.70. The number of rotatable bonds is 7. The molecule has 10 heteroatoms. The molecule has 33 heavy (non-hydrogen) atoms. The average Bonchev–Trinajstić information content (AvgIpc) is 3.32. The van der Waals surface area contributed by atoms with Gasteiger partial charge in [0, 0.05) is 11.8 Å². The Labute approximate surface area is 190 Å². The summed E-state index contributed by atoms with van der Waals surface area (Å²) >= 11 is 0. The summed E-state index contributed by atoms with van der Waals surface area (Å²) in [7, 11) is -3.69. The Bertz CT molecular complexity index is 1300. The van der Waals surface area contributed by atoms with Gasteiger partial charge in [0.05, 0.1) is 23.4 Å². The molecule has 3 N–H and O–H groups in total. The van der Waals surface area contributed by atoms with Crippen molar-refractivity contribution in [1.29, 1.82) is 0 Å². The summed E-state index contributed by atoms with van der Waals surface area (Å²) in [6, 6.07) is 14.4. The molecular weight excluding hydrogens is 446 g/mol. The molecule has 4 rings (SSSR count). The Morgan fingerprint density at radius 2 is 1.94 bits per heavy atom. The lowest BCUT2D eigenvalue weighted by molar-refractivity contribution is -0.122. The highest BCUT2D eigenvalue weighted by Crippen LogP contribution is 2.32. The number of hydrogen-bond donors (Lipinski definition) is 3. The molecule has 1 aliphatic rings. The number of nitrogens with one attached hydrogen (secondary N) is 3. The Morgan fingerprint density at radius 1 is 1.15 bits per heavy atom. The summed E-state index contributed by atoms with van der Waals surface area (Å²) in [4.78, 5) is 24.1. The number of ether oxygens (including phenoxy) is 1. The highest BCUT2D eigenvalue weighted by atomic mass is 32.2. The fourth-order valence-electron chi connectivity index (χ4n) is 3.06. The predicted octanol–water partition coefficient (Wildman–Crippen LogP) is 3.13. The first-order chi connectivity index (χ1) is 15.8. The SMILES string of the molecule is CC1Oc2ccc(NC(=O)/C=C/c3ccc(S(=O)(=O)NCc4ccco4)cc3)cc2NC1=O. The quantitative estimate of drug-likeness (QED) is 0.458. The molecule has 1 atom stereocenters. The molecule has 9 nitrogen and oxygen atoms in total. The van der Waals surface area contributed by atoms with Gasteiger partial charge in [0.15, 0.2) is 6.10 Å². The number of hydrogen-bond acceptors (Lipinski definition) is 6. The van der Waals surface area contributed by atoms with Crippen molar-refractivity contribution in [2.75, 3.05) is 10.6 Å². The molecule has 2 amide bonds.